The van der Waals surface area contributed by atoms with Crippen LogP contribution in [-0.2, 0) is 0 Å². The van der Waals surface area contributed by atoms with Gasteiger partial charge in [0.2, 0.25) is 0 Å². The fraction of sp³-hybridized carbons (Fsp3) is 1.00. The Labute approximate surface area is 76.9 Å². The lowest BCUT2D eigenvalue weighted by Gasteiger charge is -2.33. The molecule has 0 amide bonds. The standard InChI is InChI=1S/C11H23N/c1-4-7-12-11-8-9(2)5-6-10(11)3/h9-12H,4-8H2,1-3H3. The van der Waals surface area contributed by atoms with Crippen LogP contribution in [0.15, 0.2) is 0 Å². The van der Waals surface area contributed by atoms with Gasteiger partial charge in [0.15, 0.2) is 0 Å². The fourth-order valence-electron chi connectivity index (χ4n) is 2.15. The highest BCUT2D eigenvalue weighted by Gasteiger charge is 2.24. The maximum absolute atomic E-state index is 3.65. The second-order valence-corrected chi connectivity index (χ2v) is 4.46. The molecule has 1 aliphatic rings. The monoisotopic (exact) mass is 169 g/mol. The lowest BCUT2D eigenvalue weighted by atomic mass is 9.80. The Morgan fingerprint density at radius 3 is 2.67 bits per heavy atom. The second-order valence-electron chi connectivity index (χ2n) is 4.46. The normalized spacial score (nSPS) is 36.8. The molecular formula is C11H23N. The van der Waals surface area contributed by atoms with Gasteiger partial charge in [0.05, 0.1) is 0 Å². The minimum atomic E-state index is 0.800. The Morgan fingerprint density at radius 2 is 2.00 bits per heavy atom. The largest absolute Gasteiger partial charge is 0.314 e. The molecule has 0 aromatic heterocycles. The van der Waals surface area contributed by atoms with Crippen molar-refractivity contribution < 1.29 is 0 Å². The predicted molar refractivity (Wildman–Crippen MR) is 54.3 cm³/mol. The highest BCUT2D eigenvalue weighted by Crippen LogP contribution is 2.28. The topological polar surface area (TPSA) is 12.0 Å². The highest BCUT2D eigenvalue weighted by molar-refractivity contribution is 4.80. The highest BCUT2D eigenvalue weighted by atomic mass is 14.9. The van der Waals surface area contributed by atoms with Crippen LogP contribution in [0.5, 0.6) is 0 Å². The molecular weight excluding hydrogens is 146 g/mol. The first-order valence-electron chi connectivity index (χ1n) is 5.47. The molecule has 0 saturated heterocycles. The van der Waals surface area contributed by atoms with Crippen molar-refractivity contribution in [2.75, 3.05) is 6.54 Å². The molecule has 0 bridgehead atoms. The Hall–Kier alpha value is -0.0400. The van der Waals surface area contributed by atoms with Crippen LogP contribution in [0.2, 0.25) is 0 Å². The molecule has 1 heteroatoms. The summed E-state index contributed by atoms with van der Waals surface area (Å²) in [6.07, 6.45) is 5.51. The van der Waals surface area contributed by atoms with Gasteiger partial charge in [0.1, 0.15) is 0 Å². The Morgan fingerprint density at radius 1 is 1.25 bits per heavy atom. The molecule has 0 heterocycles. The van der Waals surface area contributed by atoms with Crippen LogP contribution < -0.4 is 5.32 Å². The molecule has 1 N–H and O–H groups in total. The van der Waals surface area contributed by atoms with Gasteiger partial charge in [0.25, 0.3) is 0 Å². The van der Waals surface area contributed by atoms with Crippen LogP contribution >= 0.6 is 0 Å². The van der Waals surface area contributed by atoms with E-state index < -0.39 is 0 Å². The van der Waals surface area contributed by atoms with Gasteiger partial charge < -0.3 is 5.32 Å². The minimum absolute atomic E-state index is 0.800. The Kier molecular flexibility index (Phi) is 4.07. The van der Waals surface area contributed by atoms with Gasteiger partial charge in [0, 0.05) is 6.04 Å². The number of hydrogen-bond donors (Lipinski definition) is 1. The van der Waals surface area contributed by atoms with E-state index in [2.05, 4.69) is 26.1 Å². The van der Waals surface area contributed by atoms with Gasteiger partial charge in [-0.1, -0.05) is 27.2 Å². The molecule has 0 aliphatic heterocycles. The zero-order chi connectivity index (χ0) is 8.97. The van der Waals surface area contributed by atoms with E-state index in [0.717, 1.165) is 17.9 Å². The molecule has 0 spiro atoms. The first-order chi connectivity index (χ1) is 5.74. The SMILES string of the molecule is CCCNC1CC(C)CCC1C. The molecule has 0 aromatic carbocycles. The summed E-state index contributed by atoms with van der Waals surface area (Å²) in [5.74, 6) is 1.84. The number of hydrogen-bond acceptors (Lipinski definition) is 1. The van der Waals surface area contributed by atoms with Crippen molar-refractivity contribution in [2.45, 2.75) is 52.5 Å². The molecule has 1 saturated carbocycles. The van der Waals surface area contributed by atoms with Crippen LogP contribution in [0.4, 0.5) is 0 Å². The lowest BCUT2D eigenvalue weighted by Crippen LogP contribution is -2.39. The van der Waals surface area contributed by atoms with Gasteiger partial charge in [-0.3, -0.25) is 0 Å². The van der Waals surface area contributed by atoms with E-state index in [9.17, 15) is 0 Å². The summed E-state index contributed by atoms with van der Waals surface area (Å²) in [5.41, 5.74) is 0. The summed E-state index contributed by atoms with van der Waals surface area (Å²) in [4.78, 5) is 0. The maximum Gasteiger partial charge on any atom is 0.00952 e. The first-order valence-corrected chi connectivity index (χ1v) is 5.47. The second kappa shape index (κ2) is 4.86. The smallest absolute Gasteiger partial charge is 0.00952 e. The molecule has 1 fully saturated rings. The molecule has 1 nitrogen and oxygen atoms in total. The molecule has 12 heavy (non-hydrogen) atoms. The van der Waals surface area contributed by atoms with E-state index in [1.165, 1.54) is 32.2 Å². The summed E-state index contributed by atoms with van der Waals surface area (Å²) < 4.78 is 0. The van der Waals surface area contributed by atoms with Gasteiger partial charge in [-0.2, -0.15) is 0 Å². The molecule has 1 rings (SSSR count). The van der Waals surface area contributed by atoms with Crippen molar-refractivity contribution in [2.24, 2.45) is 11.8 Å². The van der Waals surface area contributed by atoms with Crippen molar-refractivity contribution in [1.29, 1.82) is 0 Å². The Bertz CT molecular complexity index is 122. The van der Waals surface area contributed by atoms with E-state index in [4.69, 9.17) is 0 Å². The molecule has 0 aromatic rings. The summed E-state index contributed by atoms with van der Waals surface area (Å²) in [6.45, 7) is 8.21. The van der Waals surface area contributed by atoms with Crippen LogP contribution in [0.3, 0.4) is 0 Å². The summed E-state index contributed by atoms with van der Waals surface area (Å²) in [5, 5.41) is 3.65. The van der Waals surface area contributed by atoms with E-state index >= 15 is 0 Å². The maximum atomic E-state index is 3.65. The summed E-state index contributed by atoms with van der Waals surface area (Å²) in [6, 6.07) is 0.800. The quantitative estimate of drug-likeness (QED) is 0.685. The van der Waals surface area contributed by atoms with Gasteiger partial charge in [-0.15, -0.1) is 0 Å². The number of rotatable bonds is 3. The van der Waals surface area contributed by atoms with Crippen molar-refractivity contribution in [3.8, 4) is 0 Å². The Balaban J connectivity index is 2.28. The molecule has 0 radical (unpaired) electrons. The third-order valence-electron chi connectivity index (χ3n) is 3.11. The molecule has 3 unspecified atom stereocenters. The van der Waals surface area contributed by atoms with Crippen molar-refractivity contribution in [3.05, 3.63) is 0 Å². The molecule has 1 aliphatic carbocycles. The molecule has 3 atom stereocenters. The summed E-state index contributed by atoms with van der Waals surface area (Å²) in [7, 11) is 0. The van der Waals surface area contributed by atoms with Crippen LogP contribution in [0, 0.1) is 11.8 Å². The van der Waals surface area contributed by atoms with E-state index in [1.807, 2.05) is 0 Å². The predicted octanol–water partition coefficient (Wildman–Crippen LogP) is 2.81. The van der Waals surface area contributed by atoms with E-state index in [-0.39, 0.29) is 0 Å². The fourth-order valence-corrected chi connectivity index (χ4v) is 2.15. The van der Waals surface area contributed by atoms with Crippen LogP contribution in [0.1, 0.15) is 46.5 Å². The molecule has 72 valence electrons. The van der Waals surface area contributed by atoms with Gasteiger partial charge >= 0.3 is 0 Å². The van der Waals surface area contributed by atoms with Gasteiger partial charge in [-0.05, 0) is 37.6 Å². The third-order valence-corrected chi connectivity index (χ3v) is 3.11. The van der Waals surface area contributed by atoms with Gasteiger partial charge in [-0.25, -0.2) is 0 Å². The first kappa shape index (κ1) is 10.0. The van der Waals surface area contributed by atoms with E-state index in [1.54, 1.807) is 0 Å². The minimum Gasteiger partial charge on any atom is -0.314 e. The zero-order valence-corrected chi connectivity index (χ0v) is 8.77. The number of nitrogens with one attached hydrogen (secondary N) is 1. The lowest BCUT2D eigenvalue weighted by molar-refractivity contribution is 0.229. The van der Waals surface area contributed by atoms with Crippen LogP contribution in [-0.4, -0.2) is 12.6 Å². The van der Waals surface area contributed by atoms with E-state index in [0.29, 0.717) is 0 Å². The average Bonchev–Trinajstić information content (AvgIpc) is 2.07. The van der Waals surface area contributed by atoms with Crippen molar-refractivity contribution >= 4 is 0 Å². The third kappa shape index (κ3) is 2.78. The average molecular weight is 169 g/mol. The van der Waals surface area contributed by atoms with Crippen molar-refractivity contribution in [3.63, 3.8) is 0 Å². The zero-order valence-electron chi connectivity index (χ0n) is 8.77. The van der Waals surface area contributed by atoms with Crippen LogP contribution in [0.25, 0.3) is 0 Å². The van der Waals surface area contributed by atoms with Crippen molar-refractivity contribution in [1.82, 2.24) is 5.32 Å². The summed E-state index contributed by atoms with van der Waals surface area (Å²) >= 11 is 0.